The van der Waals surface area contributed by atoms with Gasteiger partial charge in [0, 0.05) is 18.6 Å². The van der Waals surface area contributed by atoms with Gasteiger partial charge in [0.1, 0.15) is 5.82 Å². The quantitative estimate of drug-likeness (QED) is 0.773. The topological polar surface area (TPSA) is 87.6 Å². The lowest BCUT2D eigenvalue weighted by molar-refractivity contribution is 0.355. The molecule has 0 aliphatic heterocycles. The number of ether oxygens (including phenoxy) is 2. The van der Waals surface area contributed by atoms with Gasteiger partial charge in [-0.25, -0.2) is 4.98 Å². The molecule has 0 amide bonds. The van der Waals surface area contributed by atoms with Crippen molar-refractivity contribution in [2.24, 2.45) is 5.73 Å². The molecule has 110 valence electrons. The number of rotatable bonds is 4. The van der Waals surface area contributed by atoms with Gasteiger partial charge in [0.2, 0.25) is 0 Å². The Hall–Kier alpha value is -2.41. The Balaban J connectivity index is 2.42. The van der Waals surface area contributed by atoms with Crippen molar-refractivity contribution >= 4 is 16.7 Å². The second-order valence-electron chi connectivity index (χ2n) is 4.71. The molecule has 3 aromatic rings. The third-order valence-corrected chi connectivity index (χ3v) is 3.43. The molecule has 7 nitrogen and oxygen atoms in total. The predicted octanol–water partition coefficient (Wildman–Crippen LogP) is 1.10. The first-order chi connectivity index (χ1) is 10.2. The number of benzene rings is 1. The molecule has 21 heavy (non-hydrogen) atoms. The third-order valence-electron chi connectivity index (χ3n) is 3.43. The van der Waals surface area contributed by atoms with Crippen LogP contribution in [-0.4, -0.2) is 40.3 Å². The van der Waals surface area contributed by atoms with E-state index in [1.54, 1.807) is 14.2 Å². The molecular formula is C14H17N5O2. The number of methoxy groups -OCH3 is 2. The van der Waals surface area contributed by atoms with Gasteiger partial charge in [0.25, 0.3) is 0 Å². The summed E-state index contributed by atoms with van der Waals surface area (Å²) < 4.78 is 12.7. The Morgan fingerprint density at radius 2 is 1.86 bits per heavy atom. The molecule has 2 heterocycles. The van der Waals surface area contributed by atoms with Gasteiger partial charge in [-0.15, -0.1) is 10.2 Å². The van der Waals surface area contributed by atoms with Crippen LogP contribution in [0.3, 0.4) is 0 Å². The first-order valence-corrected chi connectivity index (χ1v) is 6.66. The molecule has 0 spiro atoms. The molecule has 0 saturated carbocycles. The van der Waals surface area contributed by atoms with Crippen LogP contribution in [0.4, 0.5) is 0 Å². The molecular weight excluding hydrogens is 270 g/mol. The van der Waals surface area contributed by atoms with E-state index < -0.39 is 0 Å². The molecule has 3 rings (SSSR count). The first-order valence-electron chi connectivity index (χ1n) is 6.66. The van der Waals surface area contributed by atoms with Crippen molar-refractivity contribution < 1.29 is 9.47 Å². The zero-order chi connectivity index (χ0) is 15.0. The van der Waals surface area contributed by atoms with Gasteiger partial charge >= 0.3 is 0 Å². The molecule has 0 bridgehead atoms. The maximum Gasteiger partial charge on any atom is 0.182 e. The van der Waals surface area contributed by atoms with Gasteiger partial charge < -0.3 is 15.2 Å². The Bertz CT molecular complexity index is 812. The van der Waals surface area contributed by atoms with Gasteiger partial charge in [-0.3, -0.25) is 4.40 Å². The molecule has 2 aromatic heterocycles. The van der Waals surface area contributed by atoms with Crippen LogP contribution in [0, 0.1) is 6.92 Å². The summed E-state index contributed by atoms with van der Waals surface area (Å²) in [6.45, 7) is 2.42. The molecule has 0 fully saturated rings. The molecule has 1 aromatic carbocycles. The highest BCUT2D eigenvalue weighted by atomic mass is 16.5. The number of nitrogens with zero attached hydrogens (tertiary/aromatic N) is 4. The number of hydrogen-bond acceptors (Lipinski definition) is 6. The van der Waals surface area contributed by atoms with Crippen molar-refractivity contribution in [3.63, 3.8) is 0 Å². The van der Waals surface area contributed by atoms with Gasteiger partial charge in [-0.2, -0.15) is 0 Å². The highest BCUT2D eigenvalue weighted by Gasteiger charge is 2.15. The van der Waals surface area contributed by atoms with Crippen molar-refractivity contribution in [1.82, 2.24) is 19.6 Å². The maximum atomic E-state index is 5.65. The Morgan fingerprint density at radius 1 is 1.14 bits per heavy atom. The lowest BCUT2D eigenvalue weighted by atomic mass is 10.2. The van der Waals surface area contributed by atoms with Gasteiger partial charge in [0.15, 0.2) is 17.1 Å². The largest absolute Gasteiger partial charge is 0.493 e. The van der Waals surface area contributed by atoms with Crippen LogP contribution in [0.5, 0.6) is 11.5 Å². The van der Waals surface area contributed by atoms with E-state index in [2.05, 4.69) is 15.2 Å². The SMILES string of the molecule is COc1cc2nc(C)c3nnc(CCN)n3c2cc1OC. The zero-order valence-corrected chi connectivity index (χ0v) is 12.3. The average molecular weight is 287 g/mol. The maximum absolute atomic E-state index is 5.65. The fourth-order valence-corrected chi connectivity index (χ4v) is 2.45. The second-order valence-corrected chi connectivity index (χ2v) is 4.71. The summed E-state index contributed by atoms with van der Waals surface area (Å²) in [6, 6.07) is 3.74. The molecule has 0 aliphatic carbocycles. The summed E-state index contributed by atoms with van der Waals surface area (Å²) in [6.07, 6.45) is 0.647. The minimum Gasteiger partial charge on any atom is -0.493 e. The fourth-order valence-electron chi connectivity index (χ4n) is 2.45. The predicted molar refractivity (Wildman–Crippen MR) is 78.9 cm³/mol. The van der Waals surface area contributed by atoms with Gasteiger partial charge in [0.05, 0.1) is 30.9 Å². The average Bonchev–Trinajstić information content (AvgIpc) is 2.91. The zero-order valence-electron chi connectivity index (χ0n) is 12.3. The van der Waals surface area contributed by atoms with Crippen LogP contribution in [0.2, 0.25) is 0 Å². The molecule has 0 aliphatic rings. The van der Waals surface area contributed by atoms with Crippen LogP contribution in [0.25, 0.3) is 16.7 Å². The summed E-state index contributed by atoms with van der Waals surface area (Å²) in [5.41, 5.74) is 8.88. The van der Waals surface area contributed by atoms with Crippen molar-refractivity contribution in [3.05, 3.63) is 23.7 Å². The van der Waals surface area contributed by atoms with E-state index >= 15 is 0 Å². The van der Waals surface area contributed by atoms with E-state index in [9.17, 15) is 0 Å². The van der Waals surface area contributed by atoms with Crippen LogP contribution >= 0.6 is 0 Å². The van der Waals surface area contributed by atoms with Gasteiger partial charge in [-0.05, 0) is 13.5 Å². The van der Waals surface area contributed by atoms with E-state index in [0.717, 1.165) is 28.2 Å². The summed E-state index contributed by atoms with van der Waals surface area (Å²) >= 11 is 0. The third kappa shape index (κ3) is 2.06. The lowest BCUT2D eigenvalue weighted by Gasteiger charge is -2.11. The summed E-state index contributed by atoms with van der Waals surface area (Å²) in [7, 11) is 3.21. The van der Waals surface area contributed by atoms with Gasteiger partial charge in [-0.1, -0.05) is 0 Å². The molecule has 2 N–H and O–H groups in total. The smallest absolute Gasteiger partial charge is 0.182 e. The molecule has 0 saturated heterocycles. The Labute approximate surface area is 121 Å². The van der Waals surface area contributed by atoms with E-state index in [-0.39, 0.29) is 0 Å². The van der Waals surface area contributed by atoms with Crippen molar-refractivity contribution in [2.45, 2.75) is 13.3 Å². The van der Waals surface area contributed by atoms with Crippen molar-refractivity contribution in [3.8, 4) is 11.5 Å². The number of aromatic nitrogens is 4. The van der Waals surface area contributed by atoms with E-state index in [1.807, 2.05) is 23.5 Å². The molecule has 7 heteroatoms. The monoisotopic (exact) mass is 287 g/mol. The minimum absolute atomic E-state index is 0.511. The van der Waals surface area contributed by atoms with E-state index in [4.69, 9.17) is 15.2 Å². The molecule has 0 atom stereocenters. The number of hydrogen-bond donors (Lipinski definition) is 1. The van der Waals surface area contributed by atoms with Crippen LogP contribution in [0.15, 0.2) is 12.1 Å². The van der Waals surface area contributed by atoms with Crippen LogP contribution in [-0.2, 0) is 6.42 Å². The van der Waals surface area contributed by atoms with E-state index in [0.29, 0.717) is 24.5 Å². The van der Waals surface area contributed by atoms with Crippen molar-refractivity contribution in [1.29, 1.82) is 0 Å². The highest BCUT2D eigenvalue weighted by molar-refractivity contribution is 5.82. The normalized spacial score (nSPS) is 11.2. The Kier molecular flexibility index (Phi) is 3.34. The standard InChI is InChI=1S/C14H17N5O2/c1-8-14-18-17-13(4-5-15)19(14)10-7-12(21-3)11(20-2)6-9(10)16-8/h6-7H,4-5,15H2,1-3H3. The van der Waals surface area contributed by atoms with E-state index in [1.165, 1.54) is 0 Å². The molecule has 0 radical (unpaired) electrons. The molecule has 0 unspecified atom stereocenters. The minimum atomic E-state index is 0.511. The Morgan fingerprint density at radius 3 is 2.52 bits per heavy atom. The van der Waals surface area contributed by atoms with Crippen molar-refractivity contribution in [2.75, 3.05) is 20.8 Å². The van der Waals surface area contributed by atoms with Crippen LogP contribution in [0.1, 0.15) is 11.5 Å². The number of nitrogens with two attached hydrogens (primary N) is 1. The van der Waals surface area contributed by atoms with Crippen LogP contribution < -0.4 is 15.2 Å². The number of fused-ring (bicyclic) bond motifs is 3. The highest BCUT2D eigenvalue weighted by Crippen LogP contribution is 2.32. The summed E-state index contributed by atoms with van der Waals surface area (Å²) in [5, 5.41) is 8.42. The number of aryl methyl sites for hydroxylation is 1. The second kappa shape index (κ2) is 5.17. The fraction of sp³-hybridized carbons (Fsp3) is 0.357. The lowest BCUT2D eigenvalue weighted by Crippen LogP contribution is -2.07. The summed E-state index contributed by atoms with van der Waals surface area (Å²) in [4.78, 5) is 4.57. The summed E-state index contributed by atoms with van der Waals surface area (Å²) in [5.74, 6) is 2.10. The first kappa shape index (κ1) is 13.6.